The van der Waals surface area contributed by atoms with Crippen LogP contribution in [-0.2, 0) is 0 Å². The van der Waals surface area contributed by atoms with E-state index < -0.39 is 0 Å². The standard InChI is InChI=1S/C48H31NO/c1-2-12-36-30-40(29-20-32(36)10-1)49(38-25-21-34(22-26-38)42-18-9-14-33-11-3-5-15-41(33)42)39-27-23-35(24-28-39)47-43-16-6-4-13-37(43)31-45-44-17-7-8-19-46(44)50-48(45)47/h1-31H. The molecule has 10 rings (SSSR count). The fraction of sp³-hybridized carbons (Fsp3) is 0. The van der Waals surface area contributed by atoms with E-state index in [1.54, 1.807) is 0 Å². The highest BCUT2D eigenvalue weighted by Gasteiger charge is 2.18. The van der Waals surface area contributed by atoms with Gasteiger partial charge in [0.1, 0.15) is 11.2 Å². The Bertz CT molecular complexity index is 2860. The fourth-order valence-corrected chi connectivity index (χ4v) is 7.62. The van der Waals surface area contributed by atoms with Gasteiger partial charge in [-0.15, -0.1) is 0 Å². The van der Waals surface area contributed by atoms with Crippen LogP contribution in [-0.4, -0.2) is 0 Å². The van der Waals surface area contributed by atoms with Crippen molar-refractivity contribution >= 4 is 71.3 Å². The van der Waals surface area contributed by atoms with E-state index in [2.05, 4.69) is 187 Å². The third-order valence-electron chi connectivity index (χ3n) is 10.0. The van der Waals surface area contributed by atoms with Gasteiger partial charge in [0, 0.05) is 33.4 Å². The van der Waals surface area contributed by atoms with E-state index in [0.717, 1.165) is 50.1 Å². The lowest BCUT2D eigenvalue weighted by Gasteiger charge is -2.26. The van der Waals surface area contributed by atoms with Crippen molar-refractivity contribution in [2.45, 2.75) is 0 Å². The molecule has 50 heavy (non-hydrogen) atoms. The Labute approximate surface area is 290 Å². The van der Waals surface area contributed by atoms with Crippen LogP contribution < -0.4 is 4.90 Å². The third-order valence-corrected chi connectivity index (χ3v) is 10.0. The van der Waals surface area contributed by atoms with Crippen molar-refractivity contribution in [1.29, 1.82) is 0 Å². The minimum absolute atomic E-state index is 0.908. The predicted molar refractivity (Wildman–Crippen MR) is 212 cm³/mol. The molecular weight excluding hydrogens is 607 g/mol. The number of rotatable bonds is 5. The second-order valence-corrected chi connectivity index (χ2v) is 12.9. The van der Waals surface area contributed by atoms with Crippen LogP contribution in [0, 0.1) is 0 Å². The highest BCUT2D eigenvalue weighted by atomic mass is 16.3. The molecule has 0 amide bonds. The molecule has 0 aliphatic heterocycles. The molecule has 0 N–H and O–H groups in total. The molecule has 0 spiro atoms. The molecule has 0 radical (unpaired) electrons. The van der Waals surface area contributed by atoms with E-state index >= 15 is 0 Å². The summed E-state index contributed by atoms with van der Waals surface area (Å²) in [5.41, 5.74) is 9.81. The van der Waals surface area contributed by atoms with Gasteiger partial charge in [0.05, 0.1) is 0 Å². The lowest BCUT2D eigenvalue weighted by Crippen LogP contribution is -2.09. The number of nitrogens with zero attached hydrogens (tertiary/aromatic N) is 1. The van der Waals surface area contributed by atoms with E-state index in [9.17, 15) is 0 Å². The number of furan rings is 1. The Balaban J connectivity index is 1.12. The molecule has 0 saturated carbocycles. The molecule has 9 aromatic carbocycles. The number of para-hydroxylation sites is 1. The molecule has 1 aromatic heterocycles. The Morgan fingerprint density at radius 1 is 0.340 bits per heavy atom. The molecule has 0 fully saturated rings. The molecule has 1 heterocycles. The van der Waals surface area contributed by atoms with Crippen molar-refractivity contribution in [3.05, 3.63) is 188 Å². The van der Waals surface area contributed by atoms with Crippen molar-refractivity contribution in [2.75, 3.05) is 4.90 Å². The Morgan fingerprint density at radius 2 is 0.920 bits per heavy atom. The van der Waals surface area contributed by atoms with Gasteiger partial charge in [-0.05, 0) is 97.5 Å². The summed E-state index contributed by atoms with van der Waals surface area (Å²) in [5, 5.41) is 9.61. The maximum atomic E-state index is 6.57. The first kappa shape index (κ1) is 28.4. The van der Waals surface area contributed by atoms with Crippen molar-refractivity contribution in [3.63, 3.8) is 0 Å². The topological polar surface area (TPSA) is 16.4 Å². The van der Waals surface area contributed by atoms with Gasteiger partial charge in [-0.25, -0.2) is 0 Å². The monoisotopic (exact) mass is 637 g/mol. The minimum Gasteiger partial charge on any atom is -0.455 e. The van der Waals surface area contributed by atoms with Gasteiger partial charge in [0.15, 0.2) is 0 Å². The van der Waals surface area contributed by atoms with Crippen LogP contribution >= 0.6 is 0 Å². The SMILES string of the molecule is c1ccc2cc(N(c3ccc(-c4cccc5ccccc45)cc3)c3ccc(-c4c5ccccc5cc5c4oc4ccccc45)cc3)ccc2c1. The van der Waals surface area contributed by atoms with E-state index in [1.807, 2.05) is 6.07 Å². The highest BCUT2D eigenvalue weighted by Crippen LogP contribution is 2.43. The molecule has 0 unspecified atom stereocenters. The van der Waals surface area contributed by atoms with E-state index in [-0.39, 0.29) is 0 Å². The normalized spacial score (nSPS) is 11.6. The smallest absolute Gasteiger partial charge is 0.143 e. The molecule has 0 bridgehead atoms. The molecule has 2 nitrogen and oxygen atoms in total. The molecule has 2 heteroatoms. The predicted octanol–water partition coefficient (Wildman–Crippen LogP) is 13.8. The largest absolute Gasteiger partial charge is 0.455 e. The number of benzene rings is 9. The van der Waals surface area contributed by atoms with Gasteiger partial charge in [0.2, 0.25) is 0 Å². The second-order valence-electron chi connectivity index (χ2n) is 12.9. The Hall–Kier alpha value is -6.64. The van der Waals surface area contributed by atoms with Crippen molar-refractivity contribution < 1.29 is 4.42 Å². The van der Waals surface area contributed by atoms with Crippen LogP contribution in [0.15, 0.2) is 192 Å². The van der Waals surface area contributed by atoms with Gasteiger partial charge in [0.25, 0.3) is 0 Å². The van der Waals surface area contributed by atoms with E-state index in [1.165, 1.54) is 43.4 Å². The lowest BCUT2D eigenvalue weighted by atomic mass is 9.95. The number of hydrogen-bond donors (Lipinski definition) is 0. The first-order chi connectivity index (χ1) is 24.8. The lowest BCUT2D eigenvalue weighted by molar-refractivity contribution is 0.670. The highest BCUT2D eigenvalue weighted by molar-refractivity contribution is 6.18. The zero-order valence-corrected chi connectivity index (χ0v) is 27.3. The van der Waals surface area contributed by atoms with Crippen LogP contribution in [0.3, 0.4) is 0 Å². The summed E-state index contributed by atoms with van der Waals surface area (Å²) in [4.78, 5) is 2.35. The number of fused-ring (bicyclic) bond motifs is 6. The first-order valence-corrected chi connectivity index (χ1v) is 17.1. The van der Waals surface area contributed by atoms with Gasteiger partial charge in [-0.1, -0.05) is 140 Å². The van der Waals surface area contributed by atoms with Gasteiger partial charge >= 0.3 is 0 Å². The zero-order chi connectivity index (χ0) is 33.0. The van der Waals surface area contributed by atoms with Crippen molar-refractivity contribution in [3.8, 4) is 22.3 Å². The molecule has 0 aliphatic carbocycles. The summed E-state index contributed by atoms with van der Waals surface area (Å²) < 4.78 is 6.57. The third kappa shape index (κ3) is 4.65. The van der Waals surface area contributed by atoms with Crippen LogP contribution in [0.2, 0.25) is 0 Å². The van der Waals surface area contributed by atoms with E-state index in [4.69, 9.17) is 4.42 Å². The van der Waals surface area contributed by atoms with E-state index in [0.29, 0.717) is 0 Å². The van der Waals surface area contributed by atoms with Crippen LogP contribution in [0.4, 0.5) is 17.1 Å². The maximum Gasteiger partial charge on any atom is 0.143 e. The summed E-state index contributed by atoms with van der Waals surface area (Å²) in [6.45, 7) is 0. The van der Waals surface area contributed by atoms with Gasteiger partial charge in [-0.2, -0.15) is 0 Å². The molecule has 0 atom stereocenters. The van der Waals surface area contributed by atoms with Gasteiger partial charge in [-0.3, -0.25) is 0 Å². The molecule has 0 aliphatic rings. The fourth-order valence-electron chi connectivity index (χ4n) is 7.62. The molecule has 0 saturated heterocycles. The number of anilines is 3. The summed E-state index contributed by atoms with van der Waals surface area (Å²) in [7, 11) is 0. The zero-order valence-electron chi connectivity index (χ0n) is 27.3. The average molecular weight is 638 g/mol. The van der Waals surface area contributed by atoms with Crippen LogP contribution in [0.25, 0.3) is 76.5 Å². The molecular formula is C48H31NO. The Morgan fingerprint density at radius 3 is 1.70 bits per heavy atom. The summed E-state index contributed by atoms with van der Waals surface area (Å²) in [6.07, 6.45) is 0. The molecule has 10 aromatic rings. The van der Waals surface area contributed by atoms with Gasteiger partial charge < -0.3 is 9.32 Å². The first-order valence-electron chi connectivity index (χ1n) is 17.1. The average Bonchev–Trinajstić information content (AvgIpc) is 3.55. The summed E-state index contributed by atoms with van der Waals surface area (Å²) in [5.74, 6) is 0. The summed E-state index contributed by atoms with van der Waals surface area (Å²) >= 11 is 0. The number of hydrogen-bond acceptors (Lipinski definition) is 2. The summed E-state index contributed by atoms with van der Waals surface area (Å²) in [6, 6.07) is 67.5. The molecule has 234 valence electrons. The Kier molecular flexibility index (Phi) is 6.53. The van der Waals surface area contributed by atoms with Crippen molar-refractivity contribution in [2.24, 2.45) is 0 Å². The quantitative estimate of drug-likeness (QED) is 0.187. The van der Waals surface area contributed by atoms with Crippen LogP contribution in [0.5, 0.6) is 0 Å². The second kappa shape index (κ2) is 11.5. The van der Waals surface area contributed by atoms with Crippen LogP contribution in [0.1, 0.15) is 0 Å². The van der Waals surface area contributed by atoms with Crippen molar-refractivity contribution in [1.82, 2.24) is 0 Å². The maximum absolute atomic E-state index is 6.57. The minimum atomic E-state index is 0.908.